The van der Waals surface area contributed by atoms with Crippen molar-refractivity contribution in [2.45, 2.75) is 44.4 Å². The van der Waals surface area contributed by atoms with Crippen molar-refractivity contribution in [1.29, 1.82) is 0 Å². The molecule has 0 saturated heterocycles. The Bertz CT molecular complexity index is 555. The molecule has 0 aliphatic rings. The Labute approximate surface area is 130 Å². The molecule has 0 aromatic heterocycles. The van der Waals surface area contributed by atoms with Gasteiger partial charge in [-0.1, -0.05) is 64.1 Å². The molecule has 1 unspecified atom stereocenters. The van der Waals surface area contributed by atoms with E-state index in [1.54, 1.807) is 0 Å². The van der Waals surface area contributed by atoms with Gasteiger partial charge < -0.3 is 4.55 Å². The van der Waals surface area contributed by atoms with Gasteiger partial charge in [-0.05, 0) is 24.0 Å². The first-order valence-electron chi connectivity index (χ1n) is 7.37. The van der Waals surface area contributed by atoms with Crippen LogP contribution in [0, 0.1) is 0 Å². The van der Waals surface area contributed by atoms with Gasteiger partial charge in [0.2, 0.25) is 0 Å². The summed E-state index contributed by atoms with van der Waals surface area (Å²) < 4.78 is 16.0. The Hall–Kier alpha value is -1.45. The molecule has 2 aromatic rings. The first kappa shape index (κ1) is 15.9. The number of nitrogens with one attached hydrogen (secondary N) is 1. The van der Waals surface area contributed by atoms with Crippen LogP contribution in [-0.4, -0.2) is 4.55 Å². The Kier molecular flexibility index (Phi) is 5.32. The number of benzene rings is 2. The van der Waals surface area contributed by atoms with E-state index in [1.807, 2.05) is 30.3 Å². The summed E-state index contributed by atoms with van der Waals surface area (Å²) in [5, 5.41) is 0. The van der Waals surface area contributed by atoms with Gasteiger partial charge in [-0.3, -0.25) is 0 Å². The van der Waals surface area contributed by atoms with Gasteiger partial charge in [0.25, 0.3) is 0 Å². The van der Waals surface area contributed by atoms with Gasteiger partial charge in [0, 0.05) is 11.1 Å². The molecule has 0 radical (unpaired) electrons. The Morgan fingerprint density at radius 3 is 1.81 bits per heavy atom. The maximum Gasteiger partial charge on any atom is 0.186 e. The van der Waals surface area contributed by atoms with E-state index in [2.05, 4.69) is 50.6 Å². The third kappa shape index (κ3) is 3.80. The van der Waals surface area contributed by atoms with E-state index in [4.69, 9.17) is 0 Å². The lowest BCUT2D eigenvalue weighted by Gasteiger charge is -2.21. The lowest BCUT2D eigenvalue weighted by atomic mass is 9.95. The lowest BCUT2D eigenvalue weighted by molar-refractivity contribution is 0.595. The van der Waals surface area contributed by atoms with E-state index >= 15 is 0 Å². The fourth-order valence-electron chi connectivity index (χ4n) is 2.36. The highest BCUT2D eigenvalue weighted by Gasteiger charge is 2.24. The molecule has 0 amide bonds. The van der Waals surface area contributed by atoms with Gasteiger partial charge in [-0.15, -0.1) is 0 Å². The van der Waals surface area contributed by atoms with Crippen LogP contribution in [0.1, 0.15) is 50.7 Å². The molecule has 1 N–H and O–H groups in total. The maximum atomic E-state index is 12.9. The molecule has 0 spiro atoms. The average Bonchev–Trinajstić information content (AvgIpc) is 2.47. The van der Waals surface area contributed by atoms with Crippen LogP contribution in [-0.2, 0) is 11.4 Å². The largest absolute Gasteiger partial charge is 0.588 e. The second kappa shape index (κ2) is 7.01. The molecule has 1 atom stereocenters. The maximum absolute atomic E-state index is 12.9. The molecule has 0 aliphatic heterocycles. The zero-order valence-electron chi connectivity index (χ0n) is 13.1. The molecule has 0 saturated carbocycles. The molecule has 21 heavy (non-hydrogen) atoms. The summed E-state index contributed by atoms with van der Waals surface area (Å²) in [6, 6.07) is 15.9. The molecular formula is C18H23NOS. The number of para-hydroxylation sites is 1. The number of hydrogen-bond acceptors (Lipinski definition) is 2. The van der Waals surface area contributed by atoms with Crippen LogP contribution in [0.2, 0.25) is 0 Å². The van der Waals surface area contributed by atoms with Crippen LogP contribution in [0.3, 0.4) is 0 Å². The molecule has 0 bridgehead atoms. The topological polar surface area (TPSA) is 35.1 Å². The quantitative estimate of drug-likeness (QED) is 0.783. The third-order valence-electron chi connectivity index (χ3n) is 3.49. The minimum atomic E-state index is -1.25. The van der Waals surface area contributed by atoms with E-state index in [0.29, 0.717) is 11.8 Å². The zero-order chi connectivity index (χ0) is 15.4. The van der Waals surface area contributed by atoms with Crippen LogP contribution in [0.15, 0.2) is 53.4 Å². The molecule has 0 aliphatic carbocycles. The van der Waals surface area contributed by atoms with Gasteiger partial charge in [0.05, 0.1) is 5.69 Å². The summed E-state index contributed by atoms with van der Waals surface area (Å²) in [4.78, 5) is 0.936. The predicted molar refractivity (Wildman–Crippen MR) is 91.1 cm³/mol. The van der Waals surface area contributed by atoms with Crippen molar-refractivity contribution in [1.82, 2.24) is 0 Å². The average molecular weight is 301 g/mol. The Morgan fingerprint density at radius 1 is 0.810 bits per heavy atom. The SMILES string of the molecule is CC(C)c1cccc(C(C)C)c1[S+]([O-])Nc1ccccc1. The number of hydrogen-bond donors (Lipinski definition) is 1. The summed E-state index contributed by atoms with van der Waals surface area (Å²) in [5.74, 6) is 0.695. The predicted octanol–water partition coefficient (Wildman–Crippen LogP) is 5.07. The first-order valence-corrected chi connectivity index (χ1v) is 8.52. The molecular weight excluding hydrogens is 278 g/mol. The summed E-state index contributed by atoms with van der Waals surface area (Å²) in [6.45, 7) is 8.57. The van der Waals surface area contributed by atoms with Crippen molar-refractivity contribution in [3.63, 3.8) is 0 Å². The van der Waals surface area contributed by atoms with Gasteiger partial charge in [0.1, 0.15) is 11.4 Å². The monoisotopic (exact) mass is 301 g/mol. The summed E-state index contributed by atoms with van der Waals surface area (Å²) in [5.41, 5.74) is 3.19. The van der Waals surface area contributed by atoms with Crippen molar-refractivity contribution in [3.05, 3.63) is 59.7 Å². The Morgan fingerprint density at radius 2 is 1.33 bits per heavy atom. The zero-order valence-corrected chi connectivity index (χ0v) is 13.9. The molecule has 2 aromatic carbocycles. The highest BCUT2D eigenvalue weighted by molar-refractivity contribution is 7.92. The smallest absolute Gasteiger partial charge is 0.186 e. The molecule has 2 nitrogen and oxygen atoms in total. The van der Waals surface area contributed by atoms with Gasteiger partial charge >= 0.3 is 0 Å². The van der Waals surface area contributed by atoms with E-state index in [9.17, 15) is 4.55 Å². The van der Waals surface area contributed by atoms with Gasteiger partial charge in [0.15, 0.2) is 4.90 Å². The fraction of sp³-hybridized carbons (Fsp3) is 0.333. The molecule has 112 valence electrons. The van der Waals surface area contributed by atoms with Crippen molar-refractivity contribution < 1.29 is 4.55 Å². The standard InChI is InChI=1S/C18H23NOS/c1-13(2)16-11-8-12-17(14(3)4)18(16)21(20)19-15-9-6-5-7-10-15/h5-14,19H,1-4H3. The Balaban J connectivity index is 2.40. The van der Waals surface area contributed by atoms with Gasteiger partial charge in [-0.25, -0.2) is 4.72 Å². The summed E-state index contributed by atoms with van der Waals surface area (Å²) in [7, 11) is 0. The second-order valence-corrected chi connectivity index (χ2v) is 6.96. The van der Waals surface area contributed by atoms with Crippen molar-refractivity contribution in [2.75, 3.05) is 4.72 Å². The molecule has 3 heteroatoms. The number of anilines is 1. The van der Waals surface area contributed by atoms with E-state index in [0.717, 1.165) is 21.7 Å². The van der Waals surface area contributed by atoms with Crippen LogP contribution < -0.4 is 4.72 Å². The highest BCUT2D eigenvalue weighted by atomic mass is 32.2. The molecule has 2 rings (SSSR count). The fourth-order valence-corrected chi connectivity index (χ4v) is 3.85. The van der Waals surface area contributed by atoms with Crippen LogP contribution in [0.5, 0.6) is 0 Å². The normalized spacial score (nSPS) is 12.7. The van der Waals surface area contributed by atoms with E-state index in [1.165, 1.54) is 0 Å². The molecule has 0 heterocycles. The van der Waals surface area contributed by atoms with Crippen LogP contribution in [0.25, 0.3) is 0 Å². The minimum Gasteiger partial charge on any atom is -0.588 e. The van der Waals surface area contributed by atoms with Crippen molar-refractivity contribution in [2.24, 2.45) is 0 Å². The summed E-state index contributed by atoms with van der Waals surface area (Å²) in [6.07, 6.45) is 0. The second-order valence-electron chi connectivity index (χ2n) is 5.81. The van der Waals surface area contributed by atoms with Crippen LogP contribution in [0.4, 0.5) is 5.69 Å². The van der Waals surface area contributed by atoms with E-state index < -0.39 is 11.4 Å². The van der Waals surface area contributed by atoms with E-state index in [-0.39, 0.29) is 0 Å². The lowest BCUT2D eigenvalue weighted by Crippen LogP contribution is -2.18. The first-order chi connectivity index (χ1) is 10.0. The number of rotatable bonds is 5. The van der Waals surface area contributed by atoms with Crippen molar-refractivity contribution in [3.8, 4) is 0 Å². The van der Waals surface area contributed by atoms with Crippen LogP contribution >= 0.6 is 0 Å². The van der Waals surface area contributed by atoms with Gasteiger partial charge in [-0.2, -0.15) is 0 Å². The minimum absolute atomic E-state index is 0.347. The third-order valence-corrected chi connectivity index (χ3v) is 4.75. The van der Waals surface area contributed by atoms with Crippen molar-refractivity contribution >= 4 is 17.0 Å². The highest BCUT2D eigenvalue weighted by Crippen LogP contribution is 2.32. The summed E-state index contributed by atoms with van der Waals surface area (Å²) >= 11 is -1.25. The molecule has 0 fully saturated rings.